The SMILES string of the molecule is CC(C(=O)Nc1ccc(SC#N)c(Cl)c1Cl)c1ccccc1. The van der Waals surface area contributed by atoms with E-state index in [0.29, 0.717) is 10.6 Å². The summed E-state index contributed by atoms with van der Waals surface area (Å²) < 4.78 is 0. The lowest BCUT2D eigenvalue weighted by Gasteiger charge is -2.14. The zero-order valence-corrected chi connectivity index (χ0v) is 14.0. The van der Waals surface area contributed by atoms with Gasteiger partial charge in [0.2, 0.25) is 5.91 Å². The Kier molecular flexibility index (Phi) is 5.73. The highest BCUT2D eigenvalue weighted by atomic mass is 35.5. The molecule has 0 spiro atoms. The van der Waals surface area contributed by atoms with Crippen molar-refractivity contribution in [2.75, 3.05) is 5.32 Å². The number of amides is 1. The highest BCUT2D eigenvalue weighted by molar-refractivity contribution is 8.03. The normalized spacial score (nSPS) is 11.5. The molecule has 1 atom stereocenters. The average Bonchev–Trinajstić information content (AvgIpc) is 2.54. The molecule has 2 aromatic rings. The lowest BCUT2D eigenvalue weighted by molar-refractivity contribution is -0.117. The van der Waals surface area contributed by atoms with Crippen molar-refractivity contribution < 1.29 is 4.79 Å². The van der Waals surface area contributed by atoms with Gasteiger partial charge in [0.15, 0.2) is 0 Å². The summed E-state index contributed by atoms with van der Waals surface area (Å²) in [4.78, 5) is 12.9. The molecule has 0 saturated carbocycles. The van der Waals surface area contributed by atoms with Gasteiger partial charge >= 0.3 is 0 Å². The average molecular weight is 351 g/mol. The molecule has 22 heavy (non-hydrogen) atoms. The van der Waals surface area contributed by atoms with E-state index < -0.39 is 0 Å². The number of nitrogens with zero attached hydrogens (tertiary/aromatic N) is 1. The van der Waals surface area contributed by atoms with Crippen LogP contribution >= 0.6 is 35.0 Å². The minimum absolute atomic E-state index is 0.176. The van der Waals surface area contributed by atoms with Crippen molar-refractivity contribution in [1.29, 1.82) is 5.26 Å². The summed E-state index contributed by atoms with van der Waals surface area (Å²) in [6.07, 6.45) is 0. The van der Waals surface area contributed by atoms with E-state index in [1.807, 2.05) is 42.7 Å². The van der Waals surface area contributed by atoms with E-state index in [9.17, 15) is 4.79 Å². The Morgan fingerprint density at radius 3 is 2.50 bits per heavy atom. The van der Waals surface area contributed by atoms with Gasteiger partial charge in [-0.25, -0.2) is 0 Å². The number of anilines is 1. The predicted octanol–water partition coefficient (Wildman–Crippen LogP) is 5.31. The van der Waals surface area contributed by atoms with E-state index in [-0.39, 0.29) is 21.9 Å². The molecule has 0 heterocycles. The van der Waals surface area contributed by atoms with Gasteiger partial charge in [0.1, 0.15) is 5.40 Å². The van der Waals surface area contributed by atoms with Crippen LogP contribution in [-0.4, -0.2) is 5.91 Å². The third-order valence-corrected chi connectivity index (χ3v) is 4.80. The Balaban J connectivity index is 2.19. The van der Waals surface area contributed by atoms with E-state index in [1.165, 1.54) is 0 Å². The van der Waals surface area contributed by atoms with Gasteiger partial charge in [0.05, 0.1) is 21.7 Å². The highest BCUT2D eigenvalue weighted by Crippen LogP contribution is 2.38. The van der Waals surface area contributed by atoms with Crippen molar-refractivity contribution in [2.24, 2.45) is 0 Å². The molecule has 0 bridgehead atoms. The molecule has 1 N–H and O–H groups in total. The molecule has 2 aromatic carbocycles. The summed E-state index contributed by atoms with van der Waals surface area (Å²) in [5.41, 5.74) is 1.35. The first-order valence-corrected chi connectivity index (χ1v) is 8.01. The Morgan fingerprint density at radius 2 is 1.86 bits per heavy atom. The number of carbonyl (C=O) groups excluding carboxylic acids is 1. The number of hydrogen-bond acceptors (Lipinski definition) is 3. The van der Waals surface area contributed by atoms with Gasteiger partial charge in [0, 0.05) is 4.90 Å². The second-order valence-corrected chi connectivity index (χ2v) is 6.14. The van der Waals surface area contributed by atoms with Crippen LogP contribution in [0, 0.1) is 10.7 Å². The van der Waals surface area contributed by atoms with Crippen molar-refractivity contribution in [3.05, 3.63) is 58.1 Å². The molecular formula is C16H12Cl2N2OS. The molecule has 0 aliphatic rings. The van der Waals surface area contributed by atoms with Crippen LogP contribution < -0.4 is 5.32 Å². The maximum Gasteiger partial charge on any atom is 0.231 e. The standard InChI is InChI=1S/C16H12Cl2N2OS/c1-10(11-5-3-2-4-6-11)16(21)20-12-7-8-13(22-9-19)15(18)14(12)17/h2-8,10H,1H3,(H,20,21). The van der Waals surface area contributed by atoms with Crippen LogP contribution in [0.3, 0.4) is 0 Å². The van der Waals surface area contributed by atoms with Crippen molar-refractivity contribution in [2.45, 2.75) is 17.7 Å². The van der Waals surface area contributed by atoms with Crippen molar-refractivity contribution >= 4 is 46.6 Å². The van der Waals surface area contributed by atoms with E-state index in [1.54, 1.807) is 12.1 Å². The predicted molar refractivity (Wildman–Crippen MR) is 91.4 cm³/mol. The van der Waals surface area contributed by atoms with Gasteiger partial charge in [0.25, 0.3) is 0 Å². The molecule has 0 aliphatic heterocycles. The first kappa shape index (κ1) is 16.7. The van der Waals surface area contributed by atoms with Crippen molar-refractivity contribution in [1.82, 2.24) is 0 Å². The molecule has 0 aliphatic carbocycles. The Labute approximate surface area is 143 Å². The summed E-state index contributed by atoms with van der Waals surface area (Å²) in [7, 11) is 0. The monoisotopic (exact) mass is 350 g/mol. The molecule has 0 aromatic heterocycles. The van der Waals surface area contributed by atoms with Gasteiger partial charge < -0.3 is 5.32 Å². The number of thioether (sulfide) groups is 1. The van der Waals surface area contributed by atoms with Gasteiger partial charge in [-0.15, -0.1) is 0 Å². The van der Waals surface area contributed by atoms with E-state index in [4.69, 9.17) is 28.5 Å². The fourth-order valence-electron chi connectivity index (χ4n) is 1.89. The van der Waals surface area contributed by atoms with E-state index >= 15 is 0 Å². The molecule has 6 heteroatoms. The summed E-state index contributed by atoms with van der Waals surface area (Å²) in [5, 5.41) is 13.9. The summed E-state index contributed by atoms with van der Waals surface area (Å²) in [5.74, 6) is -0.492. The van der Waals surface area contributed by atoms with Crippen LogP contribution in [0.4, 0.5) is 5.69 Å². The molecule has 3 nitrogen and oxygen atoms in total. The van der Waals surface area contributed by atoms with Crippen LogP contribution in [0.2, 0.25) is 10.0 Å². The van der Waals surface area contributed by atoms with Crippen LogP contribution in [0.1, 0.15) is 18.4 Å². The maximum absolute atomic E-state index is 12.3. The second-order valence-electron chi connectivity index (χ2n) is 4.55. The lowest BCUT2D eigenvalue weighted by atomic mass is 10.0. The van der Waals surface area contributed by atoms with Crippen molar-refractivity contribution in [3.63, 3.8) is 0 Å². The highest BCUT2D eigenvalue weighted by Gasteiger charge is 2.18. The second kappa shape index (κ2) is 7.55. The third kappa shape index (κ3) is 3.75. The first-order chi connectivity index (χ1) is 10.5. The Morgan fingerprint density at radius 1 is 1.18 bits per heavy atom. The summed E-state index contributed by atoms with van der Waals surface area (Å²) >= 11 is 13.2. The minimum Gasteiger partial charge on any atom is -0.324 e. The largest absolute Gasteiger partial charge is 0.324 e. The van der Waals surface area contributed by atoms with Gasteiger partial charge in [-0.05, 0) is 36.4 Å². The van der Waals surface area contributed by atoms with Crippen LogP contribution in [0.15, 0.2) is 47.4 Å². The Hall–Kier alpha value is -1.67. The zero-order valence-electron chi connectivity index (χ0n) is 11.6. The smallest absolute Gasteiger partial charge is 0.231 e. The molecule has 0 saturated heterocycles. The van der Waals surface area contributed by atoms with E-state index in [2.05, 4.69) is 5.32 Å². The molecule has 1 unspecified atom stereocenters. The van der Waals surface area contributed by atoms with Crippen LogP contribution in [-0.2, 0) is 4.79 Å². The lowest BCUT2D eigenvalue weighted by Crippen LogP contribution is -2.19. The Bertz CT molecular complexity index is 729. The van der Waals surface area contributed by atoms with Gasteiger partial charge in [-0.3, -0.25) is 4.79 Å². The fraction of sp³-hybridized carbons (Fsp3) is 0.125. The number of nitrogens with one attached hydrogen (secondary N) is 1. The third-order valence-electron chi connectivity index (χ3n) is 3.15. The first-order valence-electron chi connectivity index (χ1n) is 6.44. The number of carbonyl (C=O) groups is 1. The minimum atomic E-state index is -0.316. The number of nitriles is 1. The van der Waals surface area contributed by atoms with Crippen LogP contribution in [0.25, 0.3) is 0 Å². The number of halogens is 2. The fourth-order valence-corrected chi connectivity index (χ4v) is 2.87. The number of rotatable bonds is 4. The van der Waals surface area contributed by atoms with Gasteiger partial charge in [-0.2, -0.15) is 5.26 Å². The molecule has 112 valence electrons. The summed E-state index contributed by atoms with van der Waals surface area (Å²) in [6, 6.07) is 12.8. The number of thiocyanates is 1. The molecule has 2 rings (SSSR count). The van der Waals surface area contributed by atoms with E-state index in [0.717, 1.165) is 17.3 Å². The molecular weight excluding hydrogens is 339 g/mol. The number of benzene rings is 2. The van der Waals surface area contributed by atoms with Crippen LogP contribution in [0.5, 0.6) is 0 Å². The molecule has 0 fully saturated rings. The van der Waals surface area contributed by atoms with Crippen molar-refractivity contribution in [3.8, 4) is 5.40 Å². The molecule has 1 amide bonds. The topological polar surface area (TPSA) is 52.9 Å². The van der Waals surface area contributed by atoms with Gasteiger partial charge in [-0.1, -0.05) is 53.5 Å². The zero-order chi connectivity index (χ0) is 16.1. The maximum atomic E-state index is 12.3. The quantitative estimate of drug-likeness (QED) is 0.600. The summed E-state index contributed by atoms with van der Waals surface area (Å²) in [6.45, 7) is 1.82. The molecule has 0 radical (unpaired) electrons. The number of hydrogen-bond donors (Lipinski definition) is 1.